The van der Waals surface area contributed by atoms with E-state index < -0.39 is 12.1 Å². The van der Waals surface area contributed by atoms with Crippen LogP contribution in [-0.2, 0) is 6.42 Å². The number of pyridine rings is 1. The zero-order valence-corrected chi connectivity index (χ0v) is 5.92. The van der Waals surface area contributed by atoms with Crippen molar-refractivity contribution < 1.29 is 9.50 Å². The average Bonchev–Trinajstić information content (AvgIpc) is 2.32. The van der Waals surface area contributed by atoms with Gasteiger partial charge in [0.2, 0.25) is 5.95 Å². The van der Waals surface area contributed by atoms with Gasteiger partial charge in [-0.05, 0) is 24.5 Å². The molecule has 2 rings (SSSR count). The molecule has 1 aliphatic carbocycles. The van der Waals surface area contributed by atoms with Crippen LogP contribution < -0.4 is 0 Å². The lowest BCUT2D eigenvalue weighted by atomic mass is 10.2. The summed E-state index contributed by atoms with van der Waals surface area (Å²) >= 11 is 0. The maximum Gasteiger partial charge on any atom is 0.213 e. The van der Waals surface area contributed by atoms with Crippen molar-refractivity contribution >= 4 is 0 Å². The number of rotatable bonds is 0. The first-order valence-corrected chi connectivity index (χ1v) is 3.60. The molecule has 0 aromatic carbocycles. The highest BCUT2D eigenvalue weighted by Crippen LogP contribution is 2.29. The maximum absolute atomic E-state index is 12.5. The highest BCUT2D eigenvalue weighted by molar-refractivity contribution is 5.30. The Balaban J connectivity index is 2.50. The van der Waals surface area contributed by atoms with E-state index in [-0.39, 0.29) is 0 Å². The molecule has 2 nitrogen and oxygen atoms in total. The van der Waals surface area contributed by atoms with Crippen LogP contribution in [0.3, 0.4) is 0 Å². The van der Waals surface area contributed by atoms with Gasteiger partial charge in [0.05, 0.1) is 6.10 Å². The summed E-state index contributed by atoms with van der Waals surface area (Å²) in [6.07, 6.45) is 2.44. The monoisotopic (exact) mass is 153 g/mol. The summed E-state index contributed by atoms with van der Waals surface area (Å²) in [5, 5.41) is 9.31. The summed E-state index contributed by atoms with van der Waals surface area (Å²) in [5.74, 6) is -0.460. The first-order chi connectivity index (χ1) is 5.27. The number of nitrogens with zero attached hydrogens (tertiary/aromatic N) is 1. The minimum atomic E-state index is -0.460. The molecule has 1 heterocycles. The second-order valence-corrected chi connectivity index (χ2v) is 2.76. The van der Waals surface area contributed by atoms with Crippen LogP contribution in [0.15, 0.2) is 12.3 Å². The van der Waals surface area contributed by atoms with E-state index in [4.69, 9.17) is 0 Å². The highest BCUT2D eigenvalue weighted by atomic mass is 19.1. The Morgan fingerprint density at radius 1 is 1.64 bits per heavy atom. The van der Waals surface area contributed by atoms with Gasteiger partial charge in [-0.3, -0.25) is 0 Å². The van der Waals surface area contributed by atoms with Gasteiger partial charge in [-0.15, -0.1) is 0 Å². The zero-order chi connectivity index (χ0) is 7.84. The number of aryl methyl sites for hydroxylation is 1. The van der Waals surface area contributed by atoms with Crippen LogP contribution in [0.2, 0.25) is 0 Å². The van der Waals surface area contributed by atoms with E-state index in [9.17, 15) is 9.50 Å². The number of hydrogen-bond acceptors (Lipinski definition) is 2. The van der Waals surface area contributed by atoms with Crippen LogP contribution in [0.5, 0.6) is 0 Å². The summed E-state index contributed by atoms with van der Waals surface area (Å²) < 4.78 is 12.5. The first kappa shape index (κ1) is 6.73. The fraction of sp³-hybridized carbons (Fsp3) is 0.375. The van der Waals surface area contributed by atoms with E-state index in [1.54, 1.807) is 0 Å². The SMILES string of the molecule is OC1CCc2cc(F)ncc21. The molecule has 0 aliphatic heterocycles. The third kappa shape index (κ3) is 1.01. The second-order valence-electron chi connectivity index (χ2n) is 2.76. The largest absolute Gasteiger partial charge is 0.388 e. The Labute approximate surface area is 63.7 Å². The molecule has 1 aromatic rings. The van der Waals surface area contributed by atoms with Gasteiger partial charge in [0.25, 0.3) is 0 Å². The van der Waals surface area contributed by atoms with Gasteiger partial charge in [-0.1, -0.05) is 0 Å². The average molecular weight is 153 g/mol. The van der Waals surface area contributed by atoms with E-state index >= 15 is 0 Å². The molecule has 1 atom stereocenters. The summed E-state index contributed by atoms with van der Waals surface area (Å²) in [5.41, 5.74) is 1.68. The predicted octanol–water partition coefficient (Wildman–Crippen LogP) is 1.20. The van der Waals surface area contributed by atoms with Gasteiger partial charge in [0, 0.05) is 11.8 Å². The fourth-order valence-corrected chi connectivity index (χ4v) is 1.44. The maximum atomic E-state index is 12.5. The normalized spacial score (nSPS) is 21.8. The molecular formula is C8H8FNO. The van der Waals surface area contributed by atoms with Crippen LogP contribution in [0.1, 0.15) is 23.7 Å². The lowest BCUT2D eigenvalue weighted by Gasteiger charge is -2.00. The van der Waals surface area contributed by atoms with Crippen molar-refractivity contribution in [2.45, 2.75) is 18.9 Å². The van der Waals surface area contributed by atoms with E-state index in [1.807, 2.05) is 0 Å². The van der Waals surface area contributed by atoms with Gasteiger partial charge in [0.15, 0.2) is 0 Å². The summed E-state index contributed by atoms with van der Waals surface area (Å²) in [6, 6.07) is 1.39. The number of aliphatic hydroxyl groups excluding tert-OH is 1. The van der Waals surface area contributed by atoms with Crippen molar-refractivity contribution in [3.8, 4) is 0 Å². The number of hydrogen-bond donors (Lipinski definition) is 1. The molecule has 0 saturated heterocycles. The molecule has 1 aromatic heterocycles. The van der Waals surface area contributed by atoms with Crippen LogP contribution in [0.25, 0.3) is 0 Å². The second kappa shape index (κ2) is 2.27. The van der Waals surface area contributed by atoms with Crippen LogP contribution >= 0.6 is 0 Å². The van der Waals surface area contributed by atoms with Crippen LogP contribution in [0, 0.1) is 5.95 Å². The number of fused-ring (bicyclic) bond motifs is 1. The molecule has 0 amide bonds. The molecule has 0 radical (unpaired) electrons. The Hall–Kier alpha value is -0.960. The van der Waals surface area contributed by atoms with Gasteiger partial charge < -0.3 is 5.11 Å². The van der Waals surface area contributed by atoms with E-state index in [2.05, 4.69) is 4.98 Å². The Morgan fingerprint density at radius 2 is 2.45 bits per heavy atom. The van der Waals surface area contributed by atoms with E-state index in [0.29, 0.717) is 6.42 Å². The van der Waals surface area contributed by atoms with E-state index in [0.717, 1.165) is 17.5 Å². The van der Waals surface area contributed by atoms with Crippen LogP contribution in [0.4, 0.5) is 4.39 Å². The van der Waals surface area contributed by atoms with E-state index in [1.165, 1.54) is 12.3 Å². The highest BCUT2D eigenvalue weighted by Gasteiger charge is 2.20. The van der Waals surface area contributed by atoms with Crippen molar-refractivity contribution in [1.29, 1.82) is 0 Å². The summed E-state index contributed by atoms with van der Waals surface area (Å²) in [7, 11) is 0. The van der Waals surface area contributed by atoms with Crippen LogP contribution in [-0.4, -0.2) is 10.1 Å². The molecule has 11 heavy (non-hydrogen) atoms. The summed E-state index contributed by atoms with van der Waals surface area (Å²) in [6.45, 7) is 0. The zero-order valence-electron chi connectivity index (χ0n) is 5.92. The Morgan fingerprint density at radius 3 is 3.27 bits per heavy atom. The number of aliphatic hydroxyl groups is 1. The van der Waals surface area contributed by atoms with Gasteiger partial charge >= 0.3 is 0 Å². The molecular weight excluding hydrogens is 145 g/mol. The Bertz CT molecular complexity index is 287. The minimum Gasteiger partial charge on any atom is -0.388 e. The van der Waals surface area contributed by atoms with Crippen molar-refractivity contribution in [1.82, 2.24) is 4.98 Å². The fourth-order valence-electron chi connectivity index (χ4n) is 1.44. The number of aromatic nitrogens is 1. The van der Waals surface area contributed by atoms with Gasteiger partial charge in [-0.25, -0.2) is 4.98 Å². The van der Waals surface area contributed by atoms with Crippen molar-refractivity contribution in [2.75, 3.05) is 0 Å². The molecule has 0 saturated carbocycles. The van der Waals surface area contributed by atoms with Crippen molar-refractivity contribution in [2.24, 2.45) is 0 Å². The first-order valence-electron chi connectivity index (χ1n) is 3.60. The molecule has 58 valence electrons. The standard InChI is InChI=1S/C8H8FNO/c9-8-3-5-1-2-7(11)6(5)4-10-8/h3-4,7,11H,1-2H2. The molecule has 3 heteroatoms. The quantitative estimate of drug-likeness (QED) is 0.568. The van der Waals surface area contributed by atoms with Crippen molar-refractivity contribution in [3.05, 3.63) is 29.3 Å². The summed E-state index contributed by atoms with van der Waals surface area (Å²) in [4.78, 5) is 3.47. The van der Waals surface area contributed by atoms with Crippen molar-refractivity contribution in [3.63, 3.8) is 0 Å². The van der Waals surface area contributed by atoms with Gasteiger partial charge in [0.1, 0.15) is 0 Å². The minimum absolute atomic E-state index is 0.432. The van der Waals surface area contributed by atoms with Gasteiger partial charge in [-0.2, -0.15) is 4.39 Å². The lowest BCUT2D eigenvalue weighted by Crippen LogP contribution is -1.92. The topological polar surface area (TPSA) is 33.1 Å². The molecule has 0 fully saturated rings. The number of halogens is 1. The molecule has 0 spiro atoms. The molecule has 1 aliphatic rings. The third-order valence-corrected chi connectivity index (χ3v) is 2.04. The lowest BCUT2D eigenvalue weighted by molar-refractivity contribution is 0.179. The molecule has 1 unspecified atom stereocenters. The Kier molecular flexibility index (Phi) is 1.39. The predicted molar refractivity (Wildman–Crippen MR) is 37.5 cm³/mol. The molecule has 0 bridgehead atoms. The third-order valence-electron chi connectivity index (χ3n) is 2.04. The molecule has 1 N–H and O–H groups in total. The smallest absolute Gasteiger partial charge is 0.213 e.